The summed E-state index contributed by atoms with van der Waals surface area (Å²) in [5.74, 6) is -0.771. The van der Waals surface area contributed by atoms with Crippen molar-refractivity contribution in [3.63, 3.8) is 0 Å². The number of benzene rings is 1. The van der Waals surface area contributed by atoms with E-state index in [1.807, 2.05) is 30.3 Å². The van der Waals surface area contributed by atoms with Crippen molar-refractivity contribution in [3.8, 4) is 0 Å². The molecule has 2 aromatic rings. The van der Waals surface area contributed by atoms with E-state index in [4.69, 9.17) is 13.8 Å². The Hall–Kier alpha value is -2.07. The fraction of sp³-hybridized carbons (Fsp3) is 0.412. The first kappa shape index (κ1) is 20.7. The predicted molar refractivity (Wildman–Crippen MR) is 98.0 cm³/mol. The van der Waals surface area contributed by atoms with Crippen LogP contribution in [0, 0.1) is 5.92 Å². The van der Waals surface area contributed by atoms with Gasteiger partial charge < -0.3 is 24.0 Å². The van der Waals surface area contributed by atoms with Gasteiger partial charge in [-0.3, -0.25) is 18.9 Å². The van der Waals surface area contributed by atoms with Gasteiger partial charge in [0, 0.05) is 18.2 Å². The van der Waals surface area contributed by atoms with Crippen LogP contribution >= 0.6 is 8.25 Å². The molecule has 11 heteroatoms. The monoisotopic (exact) mass is 412 g/mol. The number of aromatic nitrogens is 2. The molecule has 0 saturated carbocycles. The largest absolute Gasteiger partial charge is 0.396 e. The fourth-order valence-corrected chi connectivity index (χ4v) is 3.61. The van der Waals surface area contributed by atoms with Crippen LogP contribution in [0.3, 0.4) is 0 Å². The van der Waals surface area contributed by atoms with Gasteiger partial charge in [0.25, 0.3) is 5.56 Å². The second kappa shape index (κ2) is 9.42. The third-order valence-electron chi connectivity index (χ3n) is 4.42. The minimum Gasteiger partial charge on any atom is -0.396 e. The van der Waals surface area contributed by atoms with Gasteiger partial charge in [-0.2, -0.15) is 0 Å². The SMILES string of the molecule is O=c1ccn([C@@H]2O[C@H](CO[P@@H](=O)OCc3ccccc3)[C@@H](CO)[C@H]2O)c(=O)[nH]1. The van der Waals surface area contributed by atoms with Crippen molar-refractivity contribution in [3.05, 3.63) is 69.0 Å². The number of H-pyrrole nitrogens is 1. The molecule has 0 aliphatic carbocycles. The topological polar surface area (TPSA) is 140 Å². The zero-order valence-electron chi connectivity index (χ0n) is 14.8. The van der Waals surface area contributed by atoms with Crippen LogP contribution in [0.5, 0.6) is 0 Å². The van der Waals surface area contributed by atoms with Gasteiger partial charge in [-0.25, -0.2) is 4.79 Å². The first-order valence-electron chi connectivity index (χ1n) is 8.59. The highest BCUT2D eigenvalue weighted by Gasteiger charge is 2.44. The van der Waals surface area contributed by atoms with E-state index in [1.54, 1.807) is 0 Å². The van der Waals surface area contributed by atoms with E-state index in [2.05, 4.69) is 4.98 Å². The number of aromatic amines is 1. The maximum Gasteiger partial charge on any atom is 0.330 e. The minimum atomic E-state index is -2.83. The standard InChI is InChI=1S/C17H21N2O8P/c20-8-12-13(10-26-28(24)25-9-11-4-2-1-3-5-11)27-16(15(12)22)19-7-6-14(21)18-17(19)23/h1-7,12-13,15-16,20,22,28H,8-10H2,(H,18,21,23)/t12-,13-,15-,16-/m1/s1. The normalized spacial score (nSPS) is 25.6. The summed E-state index contributed by atoms with van der Waals surface area (Å²) in [5.41, 5.74) is -0.501. The molecule has 0 spiro atoms. The van der Waals surface area contributed by atoms with E-state index in [-0.39, 0.29) is 13.2 Å². The van der Waals surface area contributed by atoms with Gasteiger partial charge in [-0.05, 0) is 5.56 Å². The number of hydrogen-bond acceptors (Lipinski definition) is 8. The highest BCUT2D eigenvalue weighted by molar-refractivity contribution is 7.33. The molecule has 1 aromatic heterocycles. The number of nitrogens with zero attached hydrogens (tertiary/aromatic N) is 1. The van der Waals surface area contributed by atoms with Crippen LogP contribution in [0.15, 0.2) is 52.2 Å². The molecule has 1 aliphatic heterocycles. The molecular formula is C17H21N2O8P. The molecule has 152 valence electrons. The summed E-state index contributed by atoms with van der Waals surface area (Å²) in [7, 11) is -2.83. The van der Waals surface area contributed by atoms with Crippen molar-refractivity contribution in [2.75, 3.05) is 13.2 Å². The summed E-state index contributed by atoms with van der Waals surface area (Å²) in [6.45, 7) is -0.523. The molecule has 0 unspecified atom stereocenters. The average Bonchev–Trinajstić information content (AvgIpc) is 3.01. The third kappa shape index (κ3) is 4.85. The Morgan fingerprint density at radius 3 is 2.61 bits per heavy atom. The summed E-state index contributed by atoms with van der Waals surface area (Å²) < 4.78 is 29.0. The van der Waals surface area contributed by atoms with Gasteiger partial charge in [-0.1, -0.05) is 30.3 Å². The van der Waals surface area contributed by atoms with Gasteiger partial charge >= 0.3 is 13.9 Å². The molecular weight excluding hydrogens is 391 g/mol. The fourth-order valence-electron chi connectivity index (χ4n) is 2.95. The van der Waals surface area contributed by atoms with Crippen LogP contribution in [0.1, 0.15) is 11.8 Å². The highest BCUT2D eigenvalue weighted by atomic mass is 31.1. The number of hydrogen-bond donors (Lipinski definition) is 3. The van der Waals surface area contributed by atoms with Crippen LogP contribution in [0.4, 0.5) is 0 Å². The Balaban J connectivity index is 1.59. The number of nitrogens with one attached hydrogen (secondary N) is 1. The van der Waals surface area contributed by atoms with Gasteiger partial charge in [-0.15, -0.1) is 0 Å². The Morgan fingerprint density at radius 1 is 1.18 bits per heavy atom. The first-order chi connectivity index (χ1) is 13.5. The molecule has 0 bridgehead atoms. The molecule has 28 heavy (non-hydrogen) atoms. The number of rotatable bonds is 8. The van der Waals surface area contributed by atoms with Crippen molar-refractivity contribution in [1.29, 1.82) is 0 Å². The zero-order valence-corrected chi connectivity index (χ0v) is 15.8. The van der Waals surface area contributed by atoms with Gasteiger partial charge in [0.2, 0.25) is 0 Å². The molecule has 5 atom stereocenters. The lowest BCUT2D eigenvalue weighted by Gasteiger charge is -2.17. The van der Waals surface area contributed by atoms with Crippen molar-refractivity contribution < 1.29 is 28.6 Å². The molecule has 0 amide bonds. The second-order valence-electron chi connectivity index (χ2n) is 6.25. The first-order valence-corrected chi connectivity index (χ1v) is 9.81. The molecule has 0 radical (unpaired) electrons. The summed E-state index contributed by atoms with van der Waals surface area (Å²) in [6, 6.07) is 10.3. The Kier molecular flexibility index (Phi) is 6.95. The Morgan fingerprint density at radius 2 is 1.93 bits per heavy atom. The third-order valence-corrected chi connectivity index (χ3v) is 5.21. The number of ether oxygens (including phenoxy) is 1. The van der Waals surface area contributed by atoms with Gasteiger partial charge in [0.15, 0.2) is 6.23 Å². The maximum absolute atomic E-state index is 12.0. The molecule has 1 aromatic carbocycles. The van der Waals surface area contributed by atoms with Gasteiger partial charge in [0.1, 0.15) is 6.10 Å². The predicted octanol–water partition coefficient (Wildman–Crippen LogP) is 0.0265. The molecule has 3 N–H and O–H groups in total. The van der Waals surface area contributed by atoms with E-state index in [0.717, 1.165) is 16.2 Å². The highest BCUT2D eigenvalue weighted by Crippen LogP contribution is 2.35. The summed E-state index contributed by atoms with van der Waals surface area (Å²) in [4.78, 5) is 25.2. The summed E-state index contributed by atoms with van der Waals surface area (Å²) in [6.07, 6.45) is -1.98. The Labute approximate surface area is 160 Å². The van der Waals surface area contributed by atoms with Crippen molar-refractivity contribution in [1.82, 2.24) is 9.55 Å². The number of aliphatic hydroxyl groups excluding tert-OH is 2. The molecule has 1 fully saturated rings. The van der Waals surface area contributed by atoms with Crippen molar-refractivity contribution in [2.24, 2.45) is 5.92 Å². The van der Waals surface area contributed by atoms with Crippen LogP contribution in [-0.2, 0) is 25.0 Å². The van der Waals surface area contributed by atoms with Gasteiger partial charge in [0.05, 0.1) is 25.9 Å². The van der Waals surface area contributed by atoms with E-state index < -0.39 is 50.5 Å². The lowest BCUT2D eigenvalue weighted by Crippen LogP contribution is -2.36. The van der Waals surface area contributed by atoms with Crippen LogP contribution in [0.2, 0.25) is 0 Å². The van der Waals surface area contributed by atoms with E-state index >= 15 is 0 Å². The average molecular weight is 412 g/mol. The van der Waals surface area contributed by atoms with E-state index in [0.29, 0.717) is 0 Å². The Bertz CT molecular complexity index is 915. The summed E-state index contributed by atoms with van der Waals surface area (Å²) >= 11 is 0. The van der Waals surface area contributed by atoms with E-state index in [1.165, 1.54) is 6.20 Å². The second-order valence-corrected chi connectivity index (χ2v) is 7.33. The van der Waals surface area contributed by atoms with Crippen LogP contribution in [-0.4, -0.2) is 45.2 Å². The molecule has 10 nitrogen and oxygen atoms in total. The summed E-state index contributed by atoms with van der Waals surface area (Å²) in [5, 5.41) is 20.0. The minimum absolute atomic E-state index is 0.117. The zero-order chi connectivity index (χ0) is 20.1. The lowest BCUT2D eigenvalue weighted by molar-refractivity contribution is -0.0514. The lowest BCUT2D eigenvalue weighted by atomic mass is 9.99. The number of aliphatic hydroxyl groups is 2. The smallest absolute Gasteiger partial charge is 0.330 e. The quantitative estimate of drug-likeness (QED) is 0.516. The molecule has 2 heterocycles. The van der Waals surface area contributed by atoms with Crippen molar-refractivity contribution >= 4 is 8.25 Å². The molecule has 3 rings (SSSR count). The van der Waals surface area contributed by atoms with Crippen molar-refractivity contribution in [2.45, 2.75) is 25.0 Å². The maximum atomic E-state index is 12.0. The van der Waals surface area contributed by atoms with E-state index in [9.17, 15) is 24.4 Å². The molecule has 1 saturated heterocycles. The van der Waals surface area contributed by atoms with Crippen LogP contribution in [0.25, 0.3) is 0 Å². The molecule has 1 aliphatic rings. The van der Waals surface area contributed by atoms with Crippen LogP contribution < -0.4 is 11.2 Å².